The molecule has 25 heavy (non-hydrogen) atoms. The molecule has 1 nitrogen and oxygen atoms in total. The van der Waals surface area contributed by atoms with Crippen LogP contribution in [0.1, 0.15) is 70.8 Å². The summed E-state index contributed by atoms with van der Waals surface area (Å²) < 4.78 is 0. The second-order valence-corrected chi connectivity index (χ2v) is 9.51. The Hall–Kier alpha value is -1.37. The fourth-order valence-corrected chi connectivity index (χ4v) is 7.29. The zero-order chi connectivity index (χ0) is 17.1. The summed E-state index contributed by atoms with van der Waals surface area (Å²) in [6, 6.07) is 4.36. The third kappa shape index (κ3) is 2.17. The van der Waals surface area contributed by atoms with Crippen LogP contribution in [0, 0.1) is 28.6 Å². The van der Waals surface area contributed by atoms with Gasteiger partial charge in [-0.3, -0.25) is 4.98 Å². The predicted octanol–water partition coefficient (Wildman–Crippen LogP) is 6.43. The summed E-state index contributed by atoms with van der Waals surface area (Å²) in [5, 5.41) is 0. The minimum atomic E-state index is 0.371. The summed E-state index contributed by atoms with van der Waals surface area (Å²) in [5.74, 6) is 2.69. The molecule has 132 valence electrons. The second-order valence-electron chi connectivity index (χ2n) is 9.51. The van der Waals surface area contributed by atoms with Crippen molar-refractivity contribution in [1.82, 2.24) is 4.98 Å². The molecule has 5 atom stereocenters. The van der Waals surface area contributed by atoms with Crippen molar-refractivity contribution in [3.8, 4) is 0 Å². The van der Waals surface area contributed by atoms with E-state index in [4.69, 9.17) is 0 Å². The van der Waals surface area contributed by atoms with E-state index < -0.39 is 0 Å². The van der Waals surface area contributed by atoms with Gasteiger partial charge in [-0.1, -0.05) is 37.6 Å². The molecule has 0 amide bonds. The summed E-state index contributed by atoms with van der Waals surface area (Å²) in [4.78, 5) is 4.40. The fourth-order valence-electron chi connectivity index (χ4n) is 7.29. The first-order valence-electron chi connectivity index (χ1n) is 10.4. The standard InChI is InChI=1S/C24H31N/c1-23-13-4-3-7-18(23)8-9-19-21-11-10-20(17-6-5-15-25-16-17)24(21,2)14-12-22(19)23/h5-7,10,15-16,19,21-22H,3-4,8-9,11-14H2,1-2H3/t19?,21?,22?,23-,24+/m0/s1. The summed E-state index contributed by atoms with van der Waals surface area (Å²) in [7, 11) is 0. The smallest absolute Gasteiger partial charge is 0.0343 e. The number of pyridine rings is 1. The Morgan fingerprint density at radius 1 is 1.04 bits per heavy atom. The Morgan fingerprint density at radius 3 is 2.80 bits per heavy atom. The third-order valence-electron chi connectivity index (χ3n) is 8.58. The SMILES string of the molecule is C[C@]12CCCC=C1CCC1C2CC[C@]2(C)C(c3cccnc3)=CCC12. The molecule has 0 aliphatic heterocycles. The van der Waals surface area contributed by atoms with Gasteiger partial charge >= 0.3 is 0 Å². The number of nitrogens with zero attached hydrogens (tertiary/aromatic N) is 1. The average Bonchev–Trinajstić information content (AvgIpc) is 2.99. The Bertz CT molecular complexity index is 730. The highest BCUT2D eigenvalue weighted by Gasteiger charge is 2.56. The molecule has 1 heterocycles. The van der Waals surface area contributed by atoms with E-state index in [2.05, 4.69) is 49.3 Å². The molecule has 0 aromatic carbocycles. The lowest BCUT2D eigenvalue weighted by Gasteiger charge is -2.58. The molecule has 1 heteroatoms. The molecule has 3 unspecified atom stereocenters. The molecule has 0 bridgehead atoms. The van der Waals surface area contributed by atoms with Crippen molar-refractivity contribution in [2.75, 3.05) is 0 Å². The van der Waals surface area contributed by atoms with Crippen molar-refractivity contribution in [3.05, 3.63) is 47.8 Å². The lowest BCUT2D eigenvalue weighted by molar-refractivity contribution is -0.0219. The maximum absolute atomic E-state index is 4.40. The van der Waals surface area contributed by atoms with Gasteiger partial charge < -0.3 is 0 Å². The van der Waals surface area contributed by atoms with Crippen molar-refractivity contribution >= 4 is 5.57 Å². The summed E-state index contributed by atoms with van der Waals surface area (Å²) in [6.07, 6.45) is 20.2. The summed E-state index contributed by atoms with van der Waals surface area (Å²) in [6.45, 7) is 5.18. The van der Waals surface area contributed by atoms with Gasteiger partial charge in [-0.2, -0.15) is 0 Å². The Labute approximate surface area is 152 Å². The van der Waals surface area contributed by atoms with Crippen LogP contribution in [0.5, 0.6) is 0 Å². The molecule has 2 saturated carbocycles. The van der Waals surface area contributed by atoms with Crippen LogP contribution in [0.3, 0.4) is 0 Å². The van der Waals surface area contributed by atoms with Crippen LogP contribution in [0.15, 0.2) is 42.3 Å². The van der Waals surface area contributed by atoms with Crippen LogP contribution in [0.4, 0.5) is 0 Å². The van der Waals surface area contributed by atoms with Gasteiger partial charge in [-0.05, 0) is 97.2 Å². The van der Waals surface area contributed by atoms with Gasteiger partial charge in [0.25, 0.3) is 0 Å². The Morgan fingerprint density at radius 2 is 1.96 bits per heavy atom. The first kappa shape index (κ1) is 15.9. The largest absolute Gasteiger partial charge is 0.264 e. The zero-order valence-corrected chi connectivity index (χ0v) is 15.8. The highest BCUT2D eigenvalue weighted by Crippen LogP contribution is 2.66. The number of aromatic nitrogens is 1. The number of allylic oxidation sites excluding steroid dienone is 4. The predicted molar refractivity (Wildman–Crippen MR) is 104 cm³/mol. The maximum atomic E-state index is 4.40. The van der Waals surface area contributed by atoms with E-state index in [1.807, 2.05) is 11.8 Å². The number of rotatable bonds is 1. The molecule has 2 fully saturated rings. The lowest BCUT2D eigenvalue weighted by atomic mass is 9.47. The van der Waals surface area contributed by atoms with Crippen LogP contribution in [0.2, 0.25) is 0 Å². The van der Waals surface area contributed by atoms with Crippen LogP contribution in [0.25, 0.3) is 5.57 Å². The van der Waals surface area contributed by atoms with E-state index in [0.29, 0.717) is 10.8 Å². The van der Waals surface area contributed by atoms with Crippen LogP contribution in [-0.4, -0.2) is 4.98 Å². The lowest BCUT2D eigenvalue weighted by Crippen LogP contribution is -2.49. The number of hydrogen-bond donors (Lipinski definition) is 0. The van der Waals surface area contributed by atoms with Gasteiger partial charge in [0.1, 0.15) is 0 Å². The Balaban J connectivity index is 1.48. The summed E-state index contributed by atoms with van der Waals surface area (Å²) >= 11 is 0. The quantitative estimate of drug-likeness (QED) is 0.540. The minimum absolute atomic E-state index is 0.371. The molecule has 0 radical (unpaired) electrons. The second kappa shape index (κ2) is 5.56. The van der Waals surface area contributed by atoms with E-state index in [0.717, 1.165) is 17.8 Å². The molecule has 1 aromatic rings. The van der Waals surface area contributed by atoms with E-state index in [-0.39, 0.29) is 0 Å². The first-order chi connectivity index (χ1) is 12.1. The molecular weight excluding hydrogens is 302 g/mol. The van der Waals surface area contributed by atoms with E-state index >= 15 is 0 Å². The van der Waals surface area contributed by atoms with Crippen LogP contribution >= 0.6 is 0 Å². The molecule has 5 rings (SSSR count). The maximum Gasteiger partial charge on any atom is 0.0343 e. The van der Waals surface area contributed by atoms with Gasteiger partial charge in [0.15, 0.2) is 0 Å². The van der Waals surface area contributed by atoms with Crippen molar-refractivity contribution in [2.45, 2.75) is 65.2 Å². The minimum Gasteiger partial charge on any atom is -0.264 e. The van der Waals surface area contributed by atoms with E-state index in [1.54, 1.807) is 5.57 Å². The van der Waals surface area contributed by atoms with E-state index in [1.165, 1.54) is 56.9 Å². The molecule has 4 aliphatic rings. The molecule has 1 aromatic heterocycles. The molecule has 4 aliphatic carbocycles. The van der Waals surface area contributed by atoms with Gasteiger partial charge in [-0.25, -0.2) is 0 Å². The van der Waals surface area contributed by atoms with Crippen molar-refractivity contribution in [2.24, 2.45) is 28.6 Å². The Kier molecular flexibility index (Phi) is 3.53. The summed E-state index contributed by atoms with van der Waals surface area (Å²) in [5.41, 5.74) is 5.67. The number of fused-ring (bicyclic) bond motifs is 5. The van der Waals surface area contributed by atoms with Crippen molar-refractivity contribution < 1.29 is 0 Å². The van der Waals surface area contributed by atoms with E-state index in [9.17, 15) is 0 Å². The van der Waals surface area contributed by atoms with Gasteiger partial charge in [0.05, 0.1) is 0 Å². The first-order valence-corrected chi connectivity index (χ1v) is 10.4. The topological polar surface area (TPSA) is 12.9 Å². The van der Waals surface area contributed by atoms with Gasteiger partial charge in [0.2, 0.25) is 0 Å². The fraction of sp³-hybridized carbons (Fsp3) is 0.625. The third-order valence-corrected chi connectivity index (χ3v) is 8.58. The highest BCUT2D eigenvalue weighted by atomic mass is 14.6. The molecule has 0 saturated heterocycles. The molecule has 0 N–H and O–H groups in total. The van der Waals surface area contributed by atoms with Crippen molar-refractivity contribution in [1.29, 1.82) is 0 Å². The normalized spacial score (nSPS) is 42.7. The highest BCUT2D eigenvalue weighted by molar-refractivity contribution is 5.72. The average molecular weight is 334 g/mol. The van der Waals surface area contributed by atoms with Crippen LogP contribution < -0.4 is 0 Å². The van der Waals surface area contributed by atoms with Crippen molar-refractivity contribution in [3.63, 3.8) is 0 Å². The molecule has 0 spiro atoms. The van der Waals surface area contributed by atoms with Gasteiger partial charge in [0, 0.05) is 12.4 Å². The zero-order valence-electron chi connectivity index (χ0n) is 15.8. The molecular formula is C24H31N. The number of hydrogen-bond acceptors (Lipinski definition) is 1. The van der Waals surface area contributed by atoms with Gasteiger partial charge in [-0.15, -0.1) is 0 Å². The monoisotopic (exact) mass is 333 g/mol. The van der Waals surface area contributed by atoms with Crippen LogP contribution in [-0.2, 0) is 0 Å².